The van der Waals surface area contributed by atoms with E-state index in [1.54, 1.807) is 12.1 Å². The lowest BCUT2D eigenvalue weighted by atomic mass is 10.0. The molecule has 0 radical (unpaired) electrons. The average Bonchev–Trinajstić information content (AvgIpc) is 2.36. The standard InChI is InChI=1S/C13H20N2O3/c1-3-4-9(8-14)13(17)15-10-5-6-12(18-2)11(16)7-10/h5-7,9,16H,3-4,8,14H2,1-2H3,(H,15,17). The highest BCUT2D eigenvalue weighted by Crippen LogP contribution is 2.28. The summed E-state index contributed by atoms with van der Waals surface area (Å²) in [6.45, 7) is 2.33. The van der Waals surface area contributed by atoms with Gasteiger partial charge >= 0.3 is 0 Å². The molecule has 1 unspecified atom stereocenters. The monoisotopic (exact) mass is 252 g/mol. The number of hydrogen-bond donors (Lipinski definition) is 3. The summed E-state index contributed by atoms with van der Waals surface area (Å²) in [5.41, 5.74) is 6.09. The molecular weight excluding hydrogens is 232 g/mol. The summed E-state index contributed by atoms with van der Waals surface area (Å²) < 4.78 is 4.93. The highest BCUT2D eigenvalue weighted by Gasteiger charge is 2.16. The van der Waals surface area contributed by atoms with Crippen LogP contribution < -0.4 is 15.8 Å². The van der Waals surface area contributed by atoms with Gasteiger partial charge < -0.3 is 20.9 Å². The van der Waals surface area contributed by atoms with Gasteiger partial charge in [-0.05, 0) is 18.6 Å². The van der Waals surface area contributed by atoms with Gasteiger partial charge in [0, 0.05) is 18.3 Å². The largest absolute Gasteiger partial charge is 0.504 e. The Hall–Kier alpha value is -1.75. The van der Waals surface area contributed by atoms with Gasteiger partial charge in [0.1, 0.15) is 0 Å². The van der Waals surface area contributed by atoms with Gasteiger partial charge in [0.05, 0.1) is 13.0 Å². The van der Waals surface area contributed by atoms with Gasteiger partial charge in [-0.2, -0.15) is 0 Å². The van der Waals surface area contributed by atoms with Crippen LogP contribution in [0.25, 0.3) is 0 Å². The third-order valence-electron chi connectivity index (χ3n) is 2.74. The number of ether oxygens (including phenoxy) is 1. The number of benzene rings is 1. The van der Waals surface area contributed by atoms with Gasteiger partial charge in [-0.25, -0.2) is 0 Å². The van der Waals surface area contributed by atoms with E-state index in [4.69, 9.17) is 10.5 Å². The average molecular weight is 252 g/mol. The summed E-state index contributed by atoms with van der Waals surface area (Å²) in [4.78, 5) is 11.9. The van der Waals surface area contributed by atoms with E-state index < -0.39 is 0 Å². The molecule has 0 spiro atoms. The molecule has 0 aliphatic carbocycles. The first-order valence-corrected chi connectivity index (χ1v) is 6.00. The second kappa shape index (κ2) is 6.86. The first kappa shape index (κ1) is 14.3. The predicted molar refractivity (Wildman–Crippen MR) is 70.7 cm³/mol. The van der Waals surface area contributed by atoms with Crippen LogP contribution in [0.15, 0.2) is 18.2 Å². The lowest BCUT2D eigenvalue weighted by Gasteiger charge is -2.14. The Bertz CT molecular complexity index is 407. The van der Waals surface area contributed by atoms with Crippen LogP contribution in [0.2, 0.25) is 0 Å². The highest BCUT2D eigenvalue weighted by molar-refractivity contribution is 5.93. The fourth-order valence-electron chi connectivity index (χ4n) is 1.72. The number of anilines is 1. The minimum atomic E-state index is -0.195. The van der Waals surface area contributed by atoms with E-state index >= 15 is 0 Å². The molecule has 0 aromatic heterocycles. The van der Waals surface area contributed by atoms with Gasteiger partial charge in [-0.15, -0.1) is 0 Å². The number of phenolic OH excluding ortho intramolecular Hbond substituents is 1. The molecule has 0 saturated heterocycles. The Kier molecular flexibility index (Phi) is 5.45. The third-order valence-corrected chi connectivity index (χ3v) is 2.74. The Labute approximate surface area is 107 Å². The summed E-state index contributed by atoms with van der Waals surface area (Å²) in [7, 11) is 1.47. The molecule has 4 N–H and O–H groups in total. The van der Waals surface area contributed by atoms with Crippen molar-refractivity contribution >= 4 is 11.6 Å². The molecule has 1 rings (SSSR count). The van der Waals surface area contributed by atoms with Crippen molar-refractivity contribution in [3.8, 4) is 11.5 Å². The van der Waals surface area contributed by atoms with Crippen LogP contribution >= 0.6 is 0 Å². The van der Waals surface area contributed by atoms with Crippen molar-refractivity contribution in [1.29, 1.82) is 0 Å². The summed E-state index contributed by atoms with van der Waals surface area (Å²) in [6, 6.07) is 4.73. The number of rotatable bonds is 6. The van der Waals surface area contributed by atoms with Crippen LogP contribution in [-0.2, 0) is 4.79 Å². The maximum absolute atomic E-state index is 11.9. The van der Waals surface area contributed by atoms with E-state index in [1.165, 1.54) is 13.2 Å². The van der Waals surface area contributed by atoms with Crippen LogP contribution in [0.3, 0.4) is 0 Å². The van der Waals surface area contributed by atoms with Crippen molar-refractivity contribution in [3.05, 3.63) is 18.2 Å². The number of amides is 1. The van der Waals surface area contributed by atoms with Crippen molar-refractivity contribution in [2.24, 2.45) is 11.7 Å². The number of methoxy groups -OCH3 is 1. The Balaban J connectivity index is 2.72. The number of carbonyl (C=O) groups excluding carboxylic acids is 1. The number of nitrogens with one attached hydrogen (secondary N) is 1. The van der Waals surface area contributed by atoms with Crippen LogP contribution in [0.4, 0.5) is 5.69 Å². The Morgan fingerprint density at radius 1 is 1.56 bits per heavy atom. The molecule has 1 aromatic carbocycles. The van der Waals surface area contributed by atoms with Crippen LogP contribution in [-0.4, -0.2) is 24.7 Å². The molecule has 1 aromatic rings. The fourth-order valence-corrected chi connectivity index (χ4v) is 1.72. The quantitative estimate of drug-likeness (QED) is 0.719. The number of nitrogens with two attached hydrogens (primary N) is 1. The van der Waals surface area contributed by atoms with Crippen LogP contribution in [0, 0.1) is 5.92 Å². The third kappa shape index (κ3) is 3.63. The first-order valence-electron chi connectivity index (χ1n) is 6.00. The Morgan fingerprint density at radius 3 is 2.78 bits per heavy atom. The highest BCUT2D eigenvalue weighted by atomic mass is 16.5. The maximum Gasteiger partial charge on any atom is 0.228 e. The normalized spacial score (nSPS) is 11.9. The van der Waals surface area contributed by atoms with E-state index in [1.807, 2.05) is 6.92 Å². The van der Waals surface area contributed by atoms with Crippen LogP contribution in [0.5, 0.6) is 11.5 Å². The zero-order valence-electron chi connectivity index (χ0n) is 10.8. The lowest BCUT2D eigenvalue weighted by molar-refractivity contribution is -0.119. The molecular formula is C13H20N2O3. The smallest absolute Gasteiger partial charge is 0.228 e. The van der Waals surface area contributed by atoms with Crippen molar-refractivity contribution < 1.29 is 14.6 Å². The molecule has 0 bridgehead atoms. The SMILES string of the molecule is CCCC(CN)C(=O)Nc1ccc(OC)c(O)c1. The second-order valence-corrected chi connectivity index (χ2v) is 4.10. The molecule has 0 heterocycles. The molecule has 0 fully saturated rings. The van der Waals surface area contributed by atoms with Gasteiger partial charge in [-0.1, -0.05) is 13.3 Å². The minimum absolute atomic E-state index is 0.00455. The number of carbonyl (C=O) groups is 1. The van der Waals surface area contributed by atoms with Crippen molar-refractivity contribution in [2.75, 3.05) is 19.0 Å². The van der Waals surface area contributed by atoms with Crippen LogP contribution in [0.1, 0.15) is 19.8 Å². The number of aromatic hydroxyl groups is 1. The van der Waals surface area contributed by atoms with E-state index in [0.717, 1.165) is 12.8 Å². The zero-order chi connectivity index (χ0) is 13.5. The number of hydrogen-bond acceptors (Lipinski definition) is 4. The molecule has 1 amide bonds. The molecule has 0 aliphatic heterocycles. The number of phenols is 1. The minimum Gasteiger partial charge on any atom is -0.504 e. The van der Waals surface area contributed by atoms with Crippen molar-refractivity contribution in [3.63, 3.8) is 0 Å². The molecule has 0 saturated carbocycles. The molecule has 0 aliphatic rings. The van der Waals surface area contributed by atoms with E-state index in [0.29, 0.717) is 18.0 Å². The molecule has 1 atom stereocenters. The van der Waals surface area contributed by atoms with Crippen molar-refractivity contribution in [2.45, 2.75) is 19.8 Å². The lowest BCUT2D eigenvalue weighted by Crippen LogP contribution is -2.29. The second-order valence-electron chi connectivity index (χ2n) is 4.10. The predicted octanol–water partition coefficient (Wildman–Crippen LogP) is 1.71. The van der Waals surface area contributed by atoms with E-state index in [-0.39, 0.29) is 17.6 Å². The molecule has 5 nitrogen and oxygen atoms in total. The summed E-state index contributed by atoms with van der Waals surface area (Å²) in [6.07, 6.45) is 1.66. The Morgan fingerprint density at radius 2 is 2.28 bits per heavy atom. The summed E-state index contributed by atoms with van der Waals surface area (Å²) in [5.74, 6) is 0.0511. The summed E-state index contributed by atoms with van der Waals surface area (Å²) in [5, 5.41) is 12.3. The molecule has 100 valence electrons. The zero-order valence-corrected chi connectivity index (χ0v) is 10.8. The molecule has 5 heteroatoms. The topological polar surface area (TPSA) is 84.6 Å². The summed E-state index contributed by atoms with van der Waals surface area (Å²) >= 11 is 0. The van der Waals surface area contributed by atoms with Crippen molar-refractivity contribution in [1.82, 2.24) is 0 Å². The van der Waals surface area contributed by atoms with Gasteiger partial charge in [0.25, 0.3) is 0 Å². The molecule has 18 heavy (non-hydrogen) atoms. The van der Waals surface area contributed by atoms with E-state index in [2.05, 4.69) is 5.32 Å². The fraction of sp³-hybridized carbons (Fsp3) is 0.462. The van der Waals surface area contributed by atoms with Gasteiger partial charge in [0.2, 0.25) is 5.91 Å². The van der Waals surface area contributed by atoms with Gasteiger partial charge in [0.15, 0.2) is 11.5 Å². The van der Waals surface area contributed by atoms with E-state index in [9.17, 15) is 9.90 Å². The maximum atomic E-state index is 11.9. The first-order chi connectivity index (χ1) is 8.62. The van der Waals surface area contributed by atoms with Gasteiger partial charge in [-0.3, -0.25) is 4.79 Å².